The molecule has 0 amide bonds. The number of hydrogen-bond donors (Lipinski definition) is 0. The lowest BCUT2D eigenvalue weighted by Gasteiger charge is -2.26. The van der Waals surface area contributed by atoms with Crippen molar-refractivity contribution in [2.75, 3.05) is 0 Å². The third kappa shape index (κ3) is 6.59. The Labute approximate surface area is 310 Å². The maximum absolute atomic E-state index is 6.68. The Kier molecular flexibility index (Phi) is 8.13. The summed E-state index contributed by atoms with van der Waals surface area (Å²) in [6.07, 6.45) is 7.40. The normalized spacial score (nSPS) is 12.8. The van der Waals surface area contributed by atoms with Crippen molar-refractivity contribution in [2.24, 2.45) is 0 Å². The summed E-state index contributed by atoms with van der Waals surface area (Å²) >= 11 is 0. The van der Waals surface area contributed by atoms with E-state index in [-0.39, 0.29) is 0 Å². The monoisotopic (exact) mass is 684 g/mol. The van der Waals surface area contributed by atoms with Gasteiger partial charge in [0.15, 0.2) is 0 Å². The minimum atomic E-state index is -0.897. The Balaban J connectivity index is 1.17. The molecule has 53 heavy (non-hydrogen) atoms. The highest BCUT2D eigenvalue weighted by molar-refractivity contribution is 5.88. The molecule has 0 fully saturated rings. The van der Waals surface area contributed by atoms with Gasteiger partial charge in [0.2, 0.25) is 5.79 Å². The predicted octanol–water partition coefficient (Wildman–Crippen LogP) is 12.7. The van der Waals surface area contributed by atoms with Gasteiger partial charge in [0, 0.05) is 60.9 Å². The van der Waals surface area contributed by atoms with E-state index in [9.17, 15) is 0 Å². The van der Waals surface area contributed by atoms with Gasteiger partial charge >= 0.3 is 0 Å². The first-order valence-electron chi connectivity index (χ1n) is 17.8. The summed E-state index contributed by atoms with van der Waals surface area (Å²) in [5, 5.41) is 0. The van der Waals surface area contributed by atoms with Crippen LogP contribution in [0.1, 0.15) is 13.8 Å². The van der Waals surface area contributed by atoms with Crippen molar-refractivity contribution in [2.45, 2.75) is 19.6 Å². The molecule has 6 aromatic carbocycles. The Hall–Kier alpha value is -6.78. The summed E-state index contributed by atoms with van der Waals surface area (Å²) in [6.45, 7) is 3.93. The molecule has 8 aromatic rings. The molecule has 0 saturated carbocycles. The molecule has 2 aromatic heterocycles. The molecule has 0 bridgehead atoms. The molecule has 0 saturated heterocycles. The number of hydrogen-bond acceptors (Lipinski definition) is 4. The van der Waals surface area contributed by atoms with E-state index in [1.807, 2.05) is 38.4 Å². The van der Waals surface area contributed by atoms with E-state index >= 15 is 0 Å². The summed E-state index contributed by atoms with van der Waals surface area (Å²) < 4.78 is 13.2. The molecule has 1 aliphatic rings. The van der Waals surface area contributed by atoms with E-state index in [2.05, 4.69) is 156 Å². The second kappa shape index (κ2) is 13.4. The first kappa shape index (κ1) is 32.1. The number of fused-ring (bicyclic) bond motifs is 3. The topological polar surface area (TPSA) is 44.2 Å². The zero-order chi connectivity index (χ0) is 35.8. The van der Waals surface area contributed by atoms with Gasteiger partial charge in [-0.1, -0.05) is 84.9 Å². The fourth-order valence-electron chi connectivity index (χ4n) is 7.15. The summed E-state index contributed by atoms with van der Waals surface area (Å²) in [7, 11) is 0. The van der Waals surface area contributed by atoms with Gasteiger partial charge < -0.3 is 9.47 Å². The van der Waals surface area contributed by atoms with E-state index in [0.29, 0.717) is 0 Å². The first-order valence-corrected chi connectivity index (χ1v) is 17.8. The van der Waals surface area contributed by atoms with Crippen molar-refractivity contribution in [3.05, 3.63) is 183 Å². The third-order valence-electron chi connectivity index (χ3n) is 9.70. The van der Waals surface area contributed by atoms with Crippen LogP contribution in [0, 0.1) is 0 Å². The van der Waals surface area contributed by atoms with Gasteiger partial charge in [0.05, 0.1) is 0 Å². The van der Waals surface area contributed by atoms with E-state index in [1.165, 1.54) is 22.3 Å². The molecule has 0 spiro atoms. The van der Waals surface area contributed by atoms with Gasteiger partial charge in [0.25, 0.3) is 0 Å². The van der Waals surface area contributed by atoms with E-state index in [4.69, 9.17) is 9.47 Å². The highest BCUT2D eigenvalue weighted by Crippen LogP contribution is 2.46. The molecular weight excluding hydrogens is 649 g/mol. The van der Waals surface area contributed by atoms with Crippen LogP contribution in [0.5, 0.6) is 11.5 Å². The molecular formula is C49H36N2O2. The zero-order valence-electron chi connectivity index (χ0n) is 29.5. The van der Waals surface area contributed by atoms with Gasteiger partial charge in [-0.3, -0.25) is 9.97 Å². The van der Waals surface area contributed by atoms with Crippen molar-refractivity contribution in [3.8, 4) is 89.4 Å². The SMILES string of the molecule is CC1(C)Oc2cc(-c3cc(-c4cccnc4)cc(-c4cccnc4)c3)ccc2-c2cc(-c3cc(-c4ccccc4)cc(-c4ccccc4)c3)ccc2O1. The Morgan fingerprint density at radius 1 is 0.340 bits per heavy atom. The van der Waals surface area contributed by atoms with E-state index in [1.54, 1.807) is 12.4 Å². The lowest BCUT2D eigenvalue weighted by molar-refractivity contribution is -0.0778. The summed E-state index contributed by atoms with van der Waals surface area (Å²) in [5.41, 5.74) is 15.3. The maximum atomic E-state index is 6.68. The van der Waals surface area contributed by atoms with Crippen LogP contribution < -0.4 is 9.47 Å². The van der Waals surface area contributed by atoms with Crippen LogP contribution in [0.2, 0.25) is 0 Å². The average molecular weight is 685 g/mol. The fourth-order valence-corrected chi connectivity index (χ4v) is 7.15. The van der Waals surface area contributed by atoms with Crippen molar-refractivity contribution in [1.82, 2.24) is 9.97 Å². The third-order valence-corrected chi connectivity index (χ3v) is 9.70. The van der Waals surface area contributed by atoms with Crippen LogP contribution in [0.3, 0.4) is 0 Å². The van der Waals surface area contributed by atoms with Crippen LogP contribution >= 0.6 is 0 Å². The van der Waals surface area contributed by atoms with Crippen LogP contribution in [0.25, 0.3) is 77.9 Å². The first-order chi connectivity index (χ1) is 26.0. The largest absolute Gasteiger partial charge is 0.452 e. The Morgan fingerprint density at radius 2 is 0.774 bits per heavy atom. The maximum Gasteiger partial charge on any atom is 0.245 e. The minimum absolute atomic E-state index is 0.765. The van der Waals surface area contributed by atoms with Crippen molar-refractivity contribution < 1.29 is 9.47 Å². The lowest BCUT2D eigenvalue weighted by atomic mass is 9.91. The number of aromatic nitrogens is 2. The number of benzene rings is 6. The van der Waals surface area contributed by atoms with Gasteiger partial charge in [-0.15, -0.1) is 0 Å². The van der Waals surface area contributed by atoms with Crippen molar-refractivity contribution in [3.63, 3.8) is 0 Å². The molecule has 0 N–H and O–H groups in total. The average Bonchev–Trinajstić information content (AvgIpc) is 3.33. The van der Waals surface area contributed by atoms with Gasteiger partial charge in [-0.25, -0.2) is 0 Å². The van der Waals surface area contributed by atoms with E-state index in [0.717, 1.165) is 67.1 Å². The van der Waals surface area contributed by atoms with Crippen molar-refractivity contribution >= 4 is 0 Å². The standard InChI is InChI=1S/C49H36N2O2/c1-49(2)52-47-20-18-35(41-24-39(33-11-5-3-6-12-33)23-40(25-41)34-13-7-4-8-14-34)29-46(47)45-19-17-36(30-48(45)53-49)42-26-43(37-15-9-21-50-31-37)28-44(27-42)38-16-10-22-51-32-38/h3-32H,1-2H3. The van der Waals surface area contributed by atoms with Crippen LogP contribution in [0.15, 0.2) is 183 Å². The molecule has 0 atom stereocenters. The summed E-state index contributed by atoms with van der Waals surface area (Å²) in [5.74, 6) is 0.651. The Bertz CT molecular complexity index is 2450. The van der Waals surface area contributed by atoms with E-state index < -0.39 is 5.79 Å². The summed E-state index contributed by atoms with van der Waals surface area (Å²) in [6, 6.07) is 55.6. The predicted molar refractivity (Wildman–Crippen MR) is 215 cm³/mol. The lowest BCUT2D eigenvalue weighted by Crippen LogP contribution is -2.34. The van der Waals surface area contributed by atoms with Crippen molar-refractivity contribution in [1.29, 1.82) is 0 Å². The summed E-state index contributed by atoms with van der Waals surface area (Å²) in [4.78, 5) is 8.79. The van der Waals surface area contributed by atoms with Crippen LogP contribution in [-0.4, -0.2) is 15.8 Å². The second-order valence-electron chi connectivity index (χ2n) is 13.8. The number of pyridine rings is 2. The molecule has 0 radical (unpaired) electrons. The highest BCUT2D eigenvalue weighted by atomic mass is 16.7. The molecule has 9 rings (SSSR count). The molecule has 3 heterocycles. The van der Waals surface area contributed by atoms with Gasteiger partial charge in [-0.2, -0.15) is 0 Å². The number of ether oxygens (including phenoxy) is 2. The molecule has 4 heteroatoms. The Morgan fingerprint density at radius 3 is 1.28 bits per heavy atom. The minimum Gasteiger partial charge on any atom is -0.452 e. The molecule has 4 nitrogen and oxygen atoms in total. The quantitative estimate of drug-likeness (QED) is 0.175. The fraction of sp³-hybridized carbons (Fsp3) is 0.0612. The smallest absolute Gasteiger partial charge is 0.245 e. The zero-order valence-corrected chi connectivity index (χ0v) is 29.5. The number of rotatable bonds is 6. The molecule has 254 valence electrons. The van der Waals surface area contributed by atoms with Gasteiger partial charge in [-0.05, 0) is 128 Å². The highest BCUT2D eigenvalue weighted by Gasteiger charge is 2.30. The molecule has 0 aliphatic carbocycles. The molecule has 1 aliphatic heterocycles. The van der Waals surface area contributed by atoms with Gasteiger partial charge in [0.1, 0.15) is 11.5 Å². The molecule has 0 unspecified atom stereocenters. The second-order valence-corrected chi connectivity index (χ2v) is 13.8. The number of nitrogens with zero attached hydrogens (tertiary/aromatic N) is 2. The van der Waals surface area contributed by atoms with Crippen LogP contribution in [0.4, 0.5) is 0 Å². The van der Waals surface area contributed by atoms with Crippen LogP contribution in [-0.2, 0) is 0 Å².